The molecule has 0 radical (unpaired) electrons. The van der Waals surface area contributed by atoms with Gasteiger partial charge < -0.3 is 15.0 Å². The van der Waals surface area contributed by atoms with E-state index in [0.29, 0.717) is 16.3 Å². The number of thiophene rings is 1. The van der Waals surface area contributed by atoms with Crippen LogP contribution in [0.5, 0.6) is 0 Å². The minimum absolute atomic E-state index is 0.0431. The molecule has 29 heavy (non-hydrogen) atoms. The average Bonchev–Trinajstić information content (AvgIpc) is 3.23. The number of nitrogens with one attached hydrogen (secondary N) is 1. The van der Waals surface area contributed by atoms with Crippen molar-refractivity contribution in [2.75, 3.05) is 31.7 Å². The summed E-state index contributed by atoms with van der Waals surface area (Å²) in [6.07, 6.45) is 0.366. The zero-order valence-electron chi connectivity index (χ0n) is 15.5. The van der Waals surface area contributed by atoms with Crippen LogP contribution in [-0.4, -0.2) is 68.8 Å². The lowest BCUT2D eigenvalue weighted by molar-refractivity contribution is -0.151. The van der Waals surface area contributed by atoms with Gasteiger partial charge in [0.05, 0.1) is 16.5 Å². The van der Waals surface area contributed by atoms with E-state index in [-0.39, 0.29) is 11.5 Å². The maximum atomic E-state index is 12.3. The number of likely N-dealkylation sites (N-methyl/N-ethyl adjacent to an activating group) is 1. The lowest BCUT2D eigenvalue weighted by atomic mass is 10.2. The second-order valence-electron chi connectivity index (χ2n) is 6.65. The molecule has 0 unspecified atom stereocenters. The molecule has 2 amide bonds. The quantitative estimate of drug-likeness (QED) is 0.656. The summed E-state index contributed by atoms with van der Waals surface area (Å²) in [6, 6.07) is 6.88. The molecule has 1 N–H and O–H groups in total. The molecule has 1 aliphatic heterocycles. The molecule has 3 rings (SSSR count). The third kappa shape index (κ3) is 5.06. The molecule has 8 nitrogen and oxygen atoms in total. The molecular formula is C18H19ClN2O6S2. The fraction of sp³-hybridized carbons (Fsp3) is 0.389. The van der Waals surface area contributed by atoms with Crippen LogP contribution in [0.2, 0.25) is 5.02 Å². The number of nitrogens with zero attached hydrogens (tertiary/aromatic N) is 1. The molecule has 2 aromatic rings. The molecule has 1 atom stereocenters. The van der Waals surface area contributed by atoms with Gasteiger partial charge in [-0.2, -0.15) is 0 Å². The highest BCUT2D eigenvalue weighted by molar-refractivity contribution is 7.91. The average molecular weight is 459 g/mol. The van der Waals surface area contributed by atoms with E-state index >= 15 is 0 Å². The summed E-state index contributed by atoms with van der Waals surface area (Å²) >= 11 is 7.44. The van der Waals surface area contributed by atoms with E-state index in [9.17, 15) is 22.8 Å². The van der Waals surface area contributed by atoms with E-state index < -0.39 is 46.8 Å². The van der Waals surface area contributed by atoms with Crippen LogP contribution in [0.4, 0.5) is 0 Å². The third-order valence-electron chi connectivity index (χ3n) is 4.64. The normalized spacial score (nSPS) is 17.8. The maximum absolute atomic E-state index is 12.3. The van der Waals surface area contributed by atoms with E-state index in [2.05, 4.69) is 5.32 Å². The minimum Gasteiger partial charge on any atom is -0.454 e. The Morgan fingerprint density at radius 2 is 2.03 bits per heavy atom. The van der Waals surface area contributed by atoms with Crippen molar-refractivity contribution in [2.24, 2.45) is 0 Å². The zero-order valence-corrected chi connectivity index (χ0v) is 17.9. The zero-order chi connectivity index (χ0) is 21.2. The molecule has 2 heterocycles. The lowest BCUT2D eigenvalue weighted by Gasteiger charge is -2.23. The SMILES string of the molecule is CN(C(=O)COC(=O)CNC(=O)c1sc2ccccc2c1Cl)[C@H]1CCS(=O)(=O)C1. The molecule has 1 saturated heterocycles. The number of benzene rings is 1. The molecule has 0 aliphatic carbocycles. The first-order chi connectivity index (χ1) is 13.7. The van der Waals surface area contributed by atoms with Crippen molar-refractivity contribution in [3.63, 3.8) is 0 Å². The van der Waals surface area contributed by atoms with Crippen molar-refractivity contribution in [3.8, 4) is 0 Å². The number of rotatable bonds is 6. The highest BCUT2D eigenvalue weighted by atomic mass is 35.5. The highest BCUT2D eigenvalue weighted by Crippen LogP contribution is 2.34. The van der Waals surface area contributed by atoms with Crippen LogP contribution >= 0.6 is 22.9 Å². The number of carbonyl (C=O) groups excluding carboxylic acids is 3. The summed E-state index contributed by atoms with van der Waals surface area (Å²) in [7, 11) is -1.64. The lowest BCUT2D eigenvalue weighted by Crippen LogP contribution is -2.41. The Morgan fingerprint density at radius 3 is 2.69 bits per heavy atom. The van der Waals surface area contributed by atoms with Crippen LogP contribution in [-0.2, 0) is 24.2 Å². The fourth-order valence-corrected chi connectivity index (χ4v) is 6.18. The van der Waals surface area contributed by atoms with Gasteiger partial charge in [0.15, 0.2) is 16.4 Å². The number of fused-ring (bicyclic) bond motifs is 1. The van der Waals surface area contributed by atoms with Crippen LogP contribution in [0.1, 0.15) is 16.1 Å². The Morgan fingerprint density at radius 1 is 1.31 bits per heavy atom. The van der Waals surface area contributed by atoms with Gasteiger partial charge in [0.2, 0.25) is 0 Å². The summed E-state index contributed by atoms with van der Waals surface area (Å²) in [5, 5.41) is 3.51. The first-order valence-corrected chi connectivity index (χ1v) is 11.8. The number of amides is 2. The van der Waals surface area contributed by atoms with Crippen molar-refractivity contribution in [3.05, 3.63) is 34.2 Å². The van der Waals surface area contributed by atoms with Crippen molar-refractivity contribution in [1.29, 1.82) is 0 Å². The van der Waals surface area contributed by atoms with Gasteiger partial charge in [0.1, 0.15) is 11.4 Å². The topological polar surface area (TPSA) is 110 Å². The second kappa shape index (κ2) is 8.68. The van der Waals surface area contributed by atoms with Crippen molar-refractivity contribution >= 4 is 60.6 Å². The molecule has 0 bridgehead atoms. The van der Waals surface area contributed by atoms with Gasteiger partial charge >= 0.3 is 5.97 Å². The standard InChI is InChI=1S/C18H19ClN2O6S2/c1-21(11-6-7-29(25,26)10-11)14(22)9-27-15(23)8-20-18(24)17-16(19)12-4-2-3-5-13(12)28-17/h2-5,11H,6-10H2,1H3,(H,20,24)/t11-/m0/s1. The Kier molecular flexibility index (Phi) is 6.45. The molecule has 1 aromatic carbocycles. The maximum Gasteiger partial charge on any atom is 0.325 e. The minimum atomic E-state index is -3.12. The summed E-state index contributed by atoms with van der Waals surface area (Å²) in [6.45, 7) is -0.941. The van der Waals surface area contributed by atoms with Gasteiger partial charge in [-0.15, -0.1) is 11.3 Å². The molecule has 1 fully saturated rings. The van der Waals surface area contributed by atoms with E-state index in [4.69, 9.17) is 16.3 Å². The van der Waals surface area contributed by atoms with E-state index in [1.165, 1.54) is 23.3 Å². The molecule has 156 valence electrons. The largest absolute Gasteiger partial charge is 0.454 e. The highest BCUT2D eigenvalue weighted by Gasteiger charge is 2.33. The summed E-state index contributed by atoms with van der Waals surface area (Å²) in [5.41, 5.74) is 0. The Balaban J connectivity index is 1.47. The first kappa shape index (κ1) is 21.5. The Labute approximate surface area is 176 Å². The predicted molar refractivity (Wildman–Crippen MR) is 110 cm³/mol. The number of ether oxygens (including phenoxy) is 1. The molecule has 11 heteroatoms. The van der Waals surface area contributed by atoms with Crippen LogP contribution in [0, 0.1) is 0 Å². The number of halogens is 1. The van der Waals surface area contributed by atoms with E-state index in [1.807, 2.05) is 18.2 Å². The fourth-order valence-electron chi connectivity index (χ4n) is 2.97. The van der Waals surface area contributed by atoms with E-state index in [1.54, 1.807) is 6.07 Å². The summed E-state index contributed by atoms with van der Waals surface area (Å²) < 4.78 is 28.8. The molecule has 0 spiro atoms. The van der Waals surface area contributed by atoms with Crippen LogP contribution < -0.4 is 5.32 Å². The molecule has 1 aromatic heterocycles. The Hall–Kier alpha value is -2.17. The van der Waals surface area contributed by atoms with Gasteiger partial charge in [-0.05, 0) is 12.5 Å². The molecule has 1 aliphatic rings. The number of hydrogen-bond acceptors (Lipinski definition) is 7. The first-order valence-electron chi connectivity index (χ1n) is 8.75. The summed E-state index contributed by atoms with van der Waals surface area (Å²) in [4.78, 5) is 37.8. The van der Waals surface area contributed by atoms with Gasteiger partial charge in [-0.1, -0.05) is 29.8 Å². The number of sulfone groups is 1. The van der Waals surface area contributed by atoms with Crippen LogP contribution in [0.15, 0.2) is 24.3 Å². The second-order valence-corrected chi connectivity index (χ2v) is 10.3. The van der Waals surface area contributed by atoms with Gasteiger partial charge in [-0.25, -0.2) is 8.42 Å². The van der Waals surface area contributed by atoms with Gasteiger partial charge in [-0.3, -0.25) is 14.4 Å². The van der Waals surface area contributed by atoms with Gasteiger partial charge in [0.25, 0.3) is 11.8 Å². The van der Waals surface area contributed by atoms with Crippen LogP contribution in [0.3, 0.4) is 0 Å². The third-order valence-corrected chi connectivity index (χ3v) is 8.07. The van der Waals surface area contributed by atoms with Gasteiger partial charge in [0, 0.05) is 23.2 Å². The smallest absolute Gasteiger partial charge is 0.325 e. The number of carbonyl (C=O) groups is 3. The molecule has 0 saturated carbocycles. The summed E-state index contributed by atoms with van der Waals surface area (Å²) in [5.74, 6) is -1.83. The Bertz CT molecular complexity index is 1070. The number of esters is 1. The van der Waals surface area contributed by atoms with Crippen molar-refractivity contribution < 1.29 is 27.5 Å². The van der Waals surface area contributed by atoms with Crippen LogP contribution in [0.25, 0.3) is 10.1 Å². The van der Waals surface area contributed by atoms with Crippen molar-refractivity contribution in [2.45, 2.75) is 12.5 Å². The van der Waals surface area contributed by atoms with E-state index in [0.717, 1.165) is 10.1 Å². The predicted octanol–water partition coefficient (Wildman–Crippen LogP) is 1.47. The van der Waals surface area contributed by atoms with Crippen molar-refractivity contribution in [1.82, 2.24) is 10.2 Å². The monoisotopic (exact) mass is 458 g/mol. The number of hydrogen-bond donors (Lipinski definition) is 1. The molecular weight excluding hydrogens is 440 g/mol.